The van der Waals surface area contributed by atoms with Crippen LogP contribution in [0.25, 0.3) is 0 Å². The summed E-state index contributed by atoms with van der Waals surface area (Å²) >= 11 is 0. The van der Waals surface area contributed by atoms with Crippen molar-refractivity contribution in [2.45, 2.75) is 63.8 Å². The third kappa shape index (κ3) is 3.50. The Morgan fingerprint density at radius 1 is 1.24 bits per heavy atom. The molecule has 2 saturated carbocycles. The third-order valence-corrected chi connectivity index (χ3v) is 6.12. The first-order chi connectivity index (χ1) is 10.3. The molecule has 4 atom stereocenters. The highest BCUT2D eigenvalue weighted by atomic mass is 15.0. The fraction of sp³-hybridized carbons (Fsp3) is 0.833. The molecule has 2 fully saturated rings. The second-order valence-electron chi connectivity index (χ2n) is 7.27. The van der Waals surface area contributed by atoms with Gasteiger partial charge in [-0.25, -0.2) is 4.98 Å². The van der Waals surface area contributed by atoms with Crippen molar-refractivity contribution in [1.29, 1.82) is 0 Å². The minimum atomic E-state index is 0.671. The zero-order valence-electron chi connectivity index (χ0n) is 13.7. The van der Waals surface area contributed by atoms with Gasteiger partial charge in [-0.05, 0) is 50.5 Å². The second kappa shape index (κ2) is 6.95. The van der Waals surface area contributed by atoms with Crippen LogP contribution in [-0.2, 0) is 13.5 Å². The number of imidazole rings is 1. The molecule has 0 saturated heterocycles. The van der Waals surface area contributed by atoms with Crippen molar-refractivity contribution in [3.8, 4) is 0 Å². The average Bonchev–Trinajstić information content (AvgIpc) is 2.93. The van der Waals surface area contributed by atoms with E-state index in [0.29, 0.717) is 6.04 Å². The molecule has 0 bridgehead atoms. The van der Waals surface area contributed by atoms with E-state index in [1.54, 1.807) is 0 Å². The minimum absolute atomic E-state index is 0.671. The molecule has 3 nitrogen and oxygen atoms in total. The van der Waals surface area contributed by atoms with E-state index >= 15 is 0 Å². The Hall–Kier alpha value is -0.830. The molecule has 2 aliphatic carbocycles. The number of hydrogen-bond donors (Lipinski definition) is 1. The Labute approximate surface area is 129 Å². The fourth-order valence-corrected chi connectivity index (χ4v) is 4.81. The summed E-state index contributed by atoms with van der Waals surface area (Å²) < 4.78 is 2.16. The van der Waals surface area contributed by atoms with Gasteiger partial charge in [0.2, 0.25) is 0 Å². The number of hydrogen-bond acceptors (Lipinski definition) is 2. The number of nitrogens with zero attached hydrogens (tertiary/aromatic N) is 2. The van der Waals surface area contributed by atoms with Gasteiger partial charge in [0.15, 0.2) is 0 Å². The molecule has 3 rings (SSSR count). The van der Waals surface area contributed by atoms with E-state index in [9.17, 15) is 0 Å². The average molecular weight is 289 g/mol. The highest BCUT2D eigenvalue weighted by Crippen LogP contribution is 2.43. The summed E-state index contributed by atoms with van der Waals surface area (Å²) in [5, 5.41) is 3.61. The molecule has 0 aromatic carbocycles. The quantitative estimate of drug-likeness (QED) is 0.898. The summed E-state index contributed by atoms with van der Waals surface area (Å²) in [5.74, 6) is 4.19. The Bertz CT molecular complexity index is 439. The van der Waals surface area contributed by atoms with Gasteiger partial charge in [-0.15, -0.1) is 0 Å². The highest BCUT2D eigenvalue weighted by Gasteiger charge is 2.34. The largest absolute Gasteiger partial charge is 0.338 e. The molecule has 2 aliphatic rings. The Kier molecular flexibility index (Phi) is 4.99. The zero-order valence-corrected chi connectivity index (χ0v) is 13.7. The van der Waals surface area contributed by atoms with E-state index in [1.165, 1.54) is 57.2 Å². The lowest BCUT2D eigenvalue weighted by atomic mass is 9.66. The van der Waals surface area contributed by atoms with E-state index in [0.717, 1.165) is 24.2 Å². The molecule has 0 aliphatic heterocycles. The van der Waals surface area contributed by atoms with Crippen LogP contribution in [0.15, 0.2) is 12.4 Å². The second-order valence-corrected chi connectivity index (χ2v) is 7.27. The predicted molar refractivity (Wildman–Crippen MR) is 87.2 cm³/mol. The van der Waals surface area contributed by atoms with Crippen LogP contribution in [0.3, 0.4) is 0 Å². The van der Waals surface area contributed by atoms with Crippen LogP contribution in [0.4, 0.5) is 0 Å². The van der Waals surface area contributed by atoms with Gasteiger partial charge >= 0.3 is 0 Å². The molecule has 1 aromatic heterocycles. The molecule has 1 N–H and O–H groups in total. The van der Waals surface area contributed by atoms with Crippen molar-refractivity contribution in [2.24, 2.45) is 24.8 Å². The molecular formula is C18H31N3. The number of aryl methyl sites for hydroxylation is 2. The van der Waals surface area contributed by atoms with Gasteiger partial charge in [-0.1, -0.05) is 25.7 Å². The first-order valence-corrected chi connectivity index (χ1v) is 8.91. The third-order valence-electron chi connectivity index (χ3n) is 6.12. The van der Waals surface area contributed by atoms with Crippen molar-refractivity contribution in [1.82, 2.24) is 14.9 Å². The molecule has 1 aromatic rings. The maximum atomic E-state index is 4.47. The van der Waals surface area contributed by atoms with Crippen molar-refractivity contribution < 1.29 is 0 Å². The van der Waals surface area contributed by atoms with Crippen LogP contribution >= 0.6 is 0 Å². The SMILES string of the molecule is CNC(CCc1nccn1C)C1CCC2CCCCC2C1. The van der Waals surface area contributed by atoms with E-state index in [1.807, 2.05) is 6.20 Å². The van der Waals surface area contributed by atoms with Crippen molar-refractivity contribution in [3.63, 3.8) is 0 Å². The minimum Gasteiger partial charge on any atom is -0.338 e. The molecule has 118 valence electrons. The van der Waals surface area contributed by atoms with Gasteiger partial charge in [0.25, 0.3) is 0 Å². The summed E-state index contributed by atoms with van der Waals surface area (Å²) in [4.78, 5) is 4.47. The molecule has 0 spiro atoms. The van der Waals surface area contributed by atoms with Gasteiger partial charge in [-0.3, -0.25) is 0 Å². The van der Waals surface area contributed by atoms with Crippen LogP contribution in [0.5, 0.6) is 0 Å². The highest BCUT2D eigenvalue weighted by molar-refractivity contribution is 4.94. The fourth-order valence-electron chi connectivity index (χ4n) is 4.81. The first kappa shape index (κ1) is 15.1. The van der Waals surface area contributed by atoms with Crippen LogP contribution in [0, 0.1) is 17.8 Å². The number of rotatable bonds is 5. The maximum absolute atomic E-state index is 4.47. The van der Waals surface area contributed by atoms with Crippen LogP contribution < -0.4 is 5.32 Å². The Balaban J connectivity index is 1.54. The predicted octanol–water partition coefficient (Wildman–Crippen LogP) is 3.55. The zero-order chi connectivity index (χ0) is 14.7. The number of aromatic nitrogens is 2. The molecule has 0 amide bonds. The topological polar surface area (TPSA) is 29.9 Å². The summed E-state index contributed by atoms with van der Waals surface area (Å²) in [6.45, 7) is 0. The standard InChI is InChI=1S/C18H31N3/c1-19-17(9-10-18-20-11-12-21(18)2)16-8-7-14-5-3-4-6-15(14)13-16/h11-12,14-17,19H,3-10,13H2,1-2H3. The summed E-state index contributed by atoms with van der Waals surface area (Å²) in [5.41, 5.74) is 0. The molecule has 0 radical (unpaired) electrons. The summed E-state index contributed by atoms with van der Waals surface area (Å²) in [6.07, 6.45) is 16.6. The van der Waals surface area contributed by atoms with Crippen LogP contribution in [0.2, 0.25) is 0 Å². The van der Waals surface area contributed by atoms with Crippen LogP contribution in [-0.4, -0.2) is 22.6 Å². The molecule has 3 heteroatoms. The van der Waals surface area contributed by atoms with Crippen molar-refractivity contribution in [3.05, 3.63) is 18.2 Å². The van der Waals surface area contributed by atoms with Gasteiger partial charge in [0.1, 0.15) is 5.82 Å². The van der Waals surface area contributed by atoms with E-state index in [2.05, 4.69) is 35.2 Å². The number of nitrogens with one attached hydrogen (secondary N) is 1. The Morgan fingerprint density at radius 2 is 2.05 bits per heavy atom. The van der Waals surface area contributed by atoms with E-state index in [-0.39, 0.29) is 0 Å². The van der Waals surface area contributed by atoms with Crippen molar-refractivity contribution >= 4 is 0 Å². The Morgan fingerprint density at radius 3 is 2.76 bits per heavy atom. The lowest BCUT2D eigenvalue weighted by Crippen LogP contribution is -2.39. The van der Waals surface area contributed by atoms with E-state index in [4.69, 9.17) is 0 Å². The first-order valence-electron chi connectivity index (χ1n) is 8.91. The normalized spacial score (nSPS) is 30.9. The van der Waals surface area contributed by atoms with Gasteiger partial charge in [-0.2, -0.15) is 0 Å². The molecule has 1 heterocycles. The summed E-state index contributed by atoms with van der Waals surface area (Å²) in [6, 6.07) is 0.671. The smallest absolute Gasteiger partial charge is 0.108 e. The number of fused-ring (bicyclic) bond motifs is 1. The monoisotopic (exact) mass is 289 g/mol. The van der Waals surface area contributed by atoms with Gasteiger partial charge in [0.05, 0.1) is 0 Å². The molecular weight excluding hydrogens is 258 g/mol. The van der Waals surface area contributed by atoms with E-state index < -0.39 is 0 Å². The van der Waals surface area contributed by atoms with Gasteiger partial charge in [0, 0.05) is 31.9 Å². The van der Waals surface area contributed by atoms with Gasteiger partial charge < -0.3 is 9.88 Å². The summed E-state index contributed by atoms with van der Waals surface area (Å²) in [7, 11) is 4.25. The van der Waals surface area contributed by atoms with Crippen LogP contribution in [0.1, 0.15) is 57.2 Å². The van der Waals surface area contributed by atoms with Crippen molar-refractivity contribution in [2.75, 3.05) is 7.05 Å². The lowest BCUT2D eigenvalue weighted by molar-refractivity contribution is 0.109. The molecule has 21 heavy (non-hydrogen) atoms. The lowest BCUT2D eigenvalue weighted by Gasteiger charge is -2.42. The molecule has 4 unspecified atom stereocenters. The maximum Gasteiger partial charge on any atom is 0.108 e.